The molecule has 3 rings (SSSR count). The van der Waals surface area contributed by atoms with Gasteiger partial charge in [-0.05, 0) is 24.3 Å². The van der Waals surface area contributed by atoms with Crippen LogP contribution in [0.1, 0.15) is 22.5 Å². The minimum absolute atomic E-state index is 0.105. The second-order valence-corrected chi connectivity index (χ2v) is 5.68. The fourth-order valence-corrected chi connectivity index (χ4v) is 3.15. The van der Waals surface area contributed by atoms with Crippen LogP contribution in [-0.4, -0.2) is 47.9 Å². The standard InChI is InChI=1S/C12H17N3OS/c13-10-3-8-17-11(10)12(16)15-6-4-14(5-7-15)9-1-2-9/h3,8-9H,1-2,4-7,13H2. The largest absolute Gasteiger partial charge is 0.397 e. The molecule has 92 valence electrons. The van der Waals surface area contributed by atoms with E-state index in [0.29, 0.717) is 10.6 Å². The third-order valence-electron chi connectivity index (χ3n) is 3.55. The molecule has 2 N–H and O–H groups in total. The number of amides is 1. The normalized spacial score (nSPS) is 21.8. The Labute approximate surface area is 105 Å². The Bertz CT molecular complexity index is 419. The van der Waals surface area contributed by atoms with E-state index in [4.69, 9.17) is 5.73 Å². The van der Waals surface area contributed by atoms with Crippen molar-refractivity contribution in [1.29, 1.82) is 0 Å². The van der Waals surface area contributed by atoms with Crippen molar-refractivity contribution in [3.8, 4) is 0 Å². The maximum absolute atomic E-state index is 12.2. The van der Waals surface area contributed by atoms with Crippen LogP contribution in [0, 0.1) is 0 Å². The molecule has 1 amide bonds. The Balaban J connectivity index is 1.62. The number of thiophene rings is 1. The van der Waals surface area contributed by atoms with E-state index in [0.717, 1.165) is 32.2 Å². The van der Waals surface area contributed by atoms with Crippen molar-refractivity contribution in [3.05, 3.63) is 16.3 Å². The van der Waals surface area contributed by atoms with Gasteiger partial charge in [-0.15, -0.1) is 11.3 Å². The third kappa shape index (κ3) is 2.17. The molecule has 0 atom stereocenters. The van der Waals surface area contributed by atoms with Gasteiger partial charge in [0.05, 0.1) is 5.69 Å². The molecule has 17 heavy (non-hydrogen) atoms. The van der Waals surface area contributed by atoms with Crippen LogP contribution in [0.25, 0.3) is 0 Å². The summed E-state index contributed by atoms with van der Waals surface area (Å²) in [5, 5.41) is 1.88. The summed E-state index contributed by atoms with van der Waals surface area (Å²) in [7, 11) is 0. The van der Waals surface area contributed by atoms with Gasteiger partial charge in [0.25, 0.3) is 5.91 Å². The summed E-state index contributed by atoms with van der Waals surface area (Å²) >= 11 is 1.44. The van der Waals surface area contributed by atoms with Crippen LogP contribution in [0.2, 0.25) is 0 Å². The first-order chi connectivity index (χ1) is 8.25. The van der Waals surface area contributed by atoms with E-state index in [-0.39, 0.29) is 5.91 Å². The topological polar surface area (TPSA) is 49.6 Å². The number of hydrogen-bond donors (Lipinski definition) is 1. The number of carbonyl (C=O) groups excluding carboxylic acids is 1. The Morgan fingerprint density at radius 1 is 1.29 bits per heavy atom. The second kappa shape index (κ2) is 4.31. The van der Waals surface area contributed by atoms with Crippen LogP contribution in [0.3, 0.4) is 0 Å². The summed E-state index contributed by atoms with van der Waals surface area (Å²) in [6.07, 6.45) is 2.68. The number of rotatable bonds is 2. The molecule has 0 unspecified atom stereocenters. The minimum atomic E-state index is 0.105. The second-order valence-electron chi connectivity index (χ2n) is 4.76. The number of hydrogen-bond acceptors (Lipinski definition) is 4. The van der Waals surface area contributed by atoms with E-state index in [1.165, 1.54) is 24.2 Å². The molecule has 2 fully saturated rings. The van der Waals surface area contributed by atoms with Crippen molar-refractivity contribution in [2.45, 2.75) is 18.9 Å². The van der Waals surface area contributed by atoms with E-state index in [2.05, 4.69) is 4.90 Å². The van der Waals surface area contributed by atoms with Gasteiger partial charge in [-0.1, -0.05) is 0 Å². The predicted octanol–water partition coefficient (Wildman–Crippen LogP) is 1.25. The Hall–Kier alpha value is -1.07. The lowest BCUT2D eigenvalue weighted by molar-refractivity contribution is 0.0633. The van der Waals surface area contributed by atoms with Crippen LogP contribution < -0.4 is 5.73 Å². The van der Waals surface area contributed by atoms with Crippen molar-refractivity contribution in [2.75, 3.05) is 31.9 Å². The summed E-state index contributed by atoms with van der Waals surface area (Å²) in [4.78, 5) is 17.3. The molecule has 1 saturated carbocycles. The van der Waals surface area contributed by atoms with Crippen LogP contribution in [0.4, 0.5) is 5.69 Å². The predicted molar refractivity (Wildman–Crippen MR) is 69.2 cm³/mol. The third-order valence-corrected chi connectivity index (χ3v) is 4.47. The van der Waals surface area contributed by atoms with Gasteiger partial charge in [-0.2, -0.15) is 0 Å². The highest BCUT2D eigenvalue weighted by atomic mass is 32.1. The van der Waals surface area contributed by atoms with Gasteiger partial charge in [-0.25, -0.2) is 0 Å². The number of nitrogen functional groups attached to an aromatic ring is 1. The Kier molecular flexibility index (Phi) is 2.80. The maximum atomic E-state index is 12.2. The molecule has 4 nitrogen and oxygen atoms in total. The van der Waals surface area contributed by atoms with Crippen molar-refractivity contribution >= 4 is 22.9 Å². The molecule has 1 saturated heterocycles. The molecular formula is C12H17N3OS. The van der Waals surface area contributed by atoms with Crippen LogP contribution in [0.5, 0.6) is 0 Å². The Morgan fingerprint density at radius 2 is 2.00 bits per heavy atom. The highest BCUT2D eigenvalue weighted by molar-refractivity contribution is 7.12. The minimum Gasteiger partial charge on any atom is -0.397 e. The lowest BCUT2D eigenvalue weighted by atomic mass is 10.2. The number of anilines is 1. The van der Waals surface area contributed by atoms with E-state index >= 15 is 0 Å². The van der Waals surface area contributed by atoms with Gasteiger partial charge in [0.2, 0.25) is 0 Å². The lowest BCUT2D eigenvalue weighted by Crippen LogP contribution is -2.49. The zero-order chi connectivity index (χ0) is 11.8. The van der Waals surface area contributed by atoms with Crippen LogP contribution >= 0.6 is 11.3 Å². The zero-order valence-electron chi connectivity index (χ0n) is 9.76. The first kappa shape index (κ1) is 11.0. The van der Waals surface area contributed by atoms with Crippen molar-refractivity contribution < 1.29 is 4.79 Å². The van der Waals surface area contributed by atoms with Crippen molar-refractivity contribution in [1.82, 2.24) is 9.80 Å². The average Bonchev–Trinajstić information content (AvgIpc) is 3.12. The van der Waals surface area contributed by atoms with E-state index < -0.39 is 0 Å². The summed E-state index contributed by atoms with van der Waals surface area (Å²) in [6, 6.07) is 2.61. The van der Waals surface area contributed by atoms with E-state index in [1.807, 2.05) is 10.3 Å². The first-order valence-electron chi connectivity index (χ1n) is 6.12. The van der Waals surface area contributed by atoms with Gasteiger partial charge in [0, 0.05) is 32.2 Å². The number of nitrogens with two attached hydrogens (primary N) is 1. The molecule has 0 bridgehead atoms. The molecule has 1 aliphatic heterocycles. The van der Waals surface area contributed by atoms with Gasteiger partial charge in [0.1, 0.15) is 4.88 Å². The first-order valence-corrected chi connectivity index (χ1v) is 7.00. The number of carbonyl (C=O) groups is 1. The zero-order valence-corrected chi connectivity index (χ0v) is 10.6. The monoisotopic (exact) mass is 251 g/mol. The summed E-state index contributed by atoms with van der Waals surface area (Å²) in [5.41, 5.74) is 6.40. The van der Waals surface area contributed by atoms with E-state index in [1.54, 1.807) is 6.07 Å². The molecule has 0 spiro atoms. The summed E-state index contributed by atoms with van der Waals surface area (Å²) < 4.78 is 0. The van der Waals surface area contributed by atoms with Gasteiger partial charge < -0.3 is 10.6 Å². The fraction of sp³-hybridized carbons (Fsp3) is 0.583. The molecule has 1 aliphatic carbocycles. The highest BCUT2D eigenvalue weighted by Gasteiger charge is 2.32. The summed E-state index contributed by atoms with van der Waals surface area (Å²) in [6.45, 7) is 3.71. The molecule has 1 aromatic rings. The SMILES string of the molecule is Nc1ccsc1C(=O)N1CCN(C2CC2)CC1. The highest BCUT2D eigenvalue weighted by Crippen LogP contribution is 2.28. The van der Waals surface area contributed by atoms with Crippen LogP contribution in [0.15, 0.2) is 11.4 Å². The maximum Gasteiger partial charge on any atom is 0.266 e. The molecule has 2 heterocycles. The Morgan fingerprint density at radius 3 is 2.53 bits per heavy atom. The molecule has 0 aromatic carbocycles. The summed E-state index contributed by atoms with van der Waals surface area (Å²) in [5.74, 6) is 0.105. The molecular weight excluding hydrogens is 234 g/mol. The lowest BCUT2D eigenvalue weighted by Gasteiger charge is -2.34. The van der Waals surface area contributed by atoms with E-state index in [9.17, 15) is 4.79 Å². The fourth-order valence-electron chi connectivity index (χ4n) is 2.37. The van der Waals surface area contributed by atoms with Crippen molar-refractivity contribution in [3.63, 3.8) is 0 Å². The molecule has 1 aromatic heterocycles. The average molecular weight is 251 g/mol. The molecule has 0 radical (unpaired) electrons. The quantitative estimate of drug-likeness (QED) is 0.860. The smallest absolute Gasteiger partial charge is 0.266 e. The van der Waals surface area contributed by atoms with Crippen LogP contribution in [-0.2, 0) is 0 Å². The molecule has 5 heteroatoms. The van der Waals surface area contributed by atoms with Gasteiger partial charge in [0.15, 0.2) is 0 Å². The van der Waals surface area contributed by atoms with Gasteiger partial charge >= 0.3 is 0 Å². The number of nitrogens with zero attached hydrogens (tertiary/aromatic N) is 2. The number of piperazine rings is 1. The van der Waals surface area contributed by atoms with Gasteiger partial charge in [-0.3, -0.25) is 9.69 Å². The molecule has 2 aliphatic rings. The van der Waals surface area contributed by atoms with Crippen molar-refractivity contribution in [2.24, 2.45) is 0 Å².